The lowest BCUT2D eigenvalue weighted by molar-refractivity contribution is 0.0645. The van der Waals surface area contributed by atoms with E-state index in [9.17, 15) is 4.79 Å². The van der Waals surface area contributed by atoms with Gasteiger partial charge >= 0.3 is 0 Å². The Morgan fingerprint density at radius 1 is 1.10 bits per heavy atom. The molecule has 4 rings (SSSR count). The fraction of sp³-hybridized carbons (Fsp3) is 0.435. The Hall–Kier alpha value is -2.93. The first-order valence-corrected chi connectivity index (χ1v) is 10.6. The van der Waals surface area contributed by atoms with Crippen molar-refractivity contribution < 1.29 is 9.53 Å². The lowest BCUT2D eigenvalue weighted by Crippen LogP contribution is -2.48. The Kier molecular flexibility index (Phi) is 5.72. The molecule has 7 heteroatoms. The molecule has 0 atom stereocenters. The van der Waals surface area contributed by atoms with Gasteiger partial charge in [0.05, 0.1) is 29.4 Å². The zero-order valence-electron chi connectivity index (χ0n) is 18.2. The highest BCUT2D eigenvalue weighted by atomic mass is 16.5. The number of ether oxygens (including phenoxy) is 1. The number of amides is 1. The molecule has 1 aliphatic heterocycles. The summed E-state index contributed by atoms with van der Waals surface area (Å²) in [7, 11) is 1.65. The highest BCUT2D eigenvalue weighted by molar-refractivity contribution is 6.06. The largest absolute Gasteiger partial charge is 0.497 e. The average Bonchev–Trinajstić information content (AvgIpc) is 3.14. The van der Waals surface area contributed by atoms with Gasteiger partial charge in [0, 0.05) is 31.9 Å². The molecule has 1 aromatic carbocycles. The standard InChI is InChI=1S/C23H29N5O2/c1-5-17-15-20(23(29)27-13-11-26(6-2)12-14-27)21-16(3)25-28(22(21)24-17)18-7-9-19(30-4)10-8-18/h7-10,15H,5-6,11-14H2,1-4H3. The maximum Gasteiger partial charge on any atom is 0.254 e. The van der Waals surface area contributed by atoms with E-state index in [0.29, 0.717) is 5.56 Å². The molecular weight excluding hydrogens is 378 g/mol. The number of pyridine rings is 1. The number of hydrogen-bond donors (Lipinski definition) is 0. The Balaban J connectivity index is 1.78. The normalized spacial score (nSPS) is 15.0. The summed E-state index contributed by atoms with van der Waals surface area (Å²) in [6.07, 6.45) is 0.757. The van der Waals surface area contributed by atoms with Crippen LogP contribution >= 0.6 is 0 Å². The molecule has 3 heterocycles. The van der Waals surface area contributed by atoms with Crippen LogP contribution in [-0.4, -0.2) is 70.3 Å². The summed E-state index contributed by atoms with van der Waals surface area (Å²) >= 11 is 0. The summed E-state index contributed by atoms with van der Waals surface area (Å²) < 4.78 is 7.10. The number of methoxy groups -OCH3 is 1. The molecule has 0 bridgehead atoms. The predicted molar refractivity (Wildman–Crippen MR) is 118 cm³/mol. The van der Waals surface area contributed by atoms with Gasteiger partial charge in [-0.1, -0.05) is 13.8 Å². The molecule has 30 heavy (non-hydrogen) atoms. The molecule has 0 unspecified atom stereocenters. The van der Waals surface area contributed by atoms with Crippen molar-refractivity contribution in [1.82, 2.24) is 24.6 Å². The third-order valence-electron chi connectivity index (χ3n) is 5.88. The van der Waals surface area contributed by atoms with E-state index in [0.717, 1.165) is 73.0 Å². The molecule has 0 spiro atoms. The van der Waals surface area contributed by atoms with E-state index in [1.807, 2.05) is 46.8 Å². The molecule has 1 amide bonds. The van der Waals surface area contributed by atoms with E-state index >= 15 is 0 Å². The molecule has 0 saturated carbocycles. The molecule has 3 aromatic rings. The predicted octanol–water partition coefficient (Wildman–Crippen LogP) is 3.08. The van der Waals surface area contributed by atoms with Gasteiger partial charge in [-0.2, -0.15) is 5.10 Å². The first-order chi connectivity index (χ1) is 14.5. The minimum atomic E-state index is 0.0743. The van der Waals surface area contributed by atoms with Crippen LogP contribution in [0.15, 0.2) is 30.3 Å². The van der Waals surface area contributed by atoms with Crippen LogP contribution in [0.2, 0.25) is 0 Å². The zero-order valence-corrected chi connectivity index (χ0v) is 18.2. The van der Waals surface area contributed by atoms with Crippen LogP contribution in [0.4, 0.5) is 0 Å². The van der Waals surface area contributed by atoms with Crippen molar-refractivity contribution in [3.05, 3.63) is 47.3 Å². The molecule has 7 nitrogen and oxygen atoms in total. The van der Waals surface area contributed by atoms with Gasteiger partial charge in [0.1, 0.15) is 5.75 Å². The number of benzene rings is 1. The SMILES string of the molecule is CCc1cc(C(=O)N2CCN(CC)CC2)c2c(C)nn(-c3ccc(OC)cc3)c2n1. The number of aryl methyl sites for hydroxylation is 2. The zero-order chi connectivity index (χ0) is 21.3. The molecule has 0 radical (unpaired) electrons. The van der Waals surface area contributed by atoms with Crippen molar-refractivity contribution in [2.75, 3.05) is 39.8 Å². The van der Waals surface area contributed by atoms with Crippen LogP contribution in [-0.2, 0) is 6.42 Å². The molecule has 158 valence electrons. The first kappa shape index (κ1) is 20.3. The molecule has 2 aromatic heterocycles. The number of likely N-dealkylation sites (N-methyl/N-ethyl adjacent to an activating group) is 1. The van der Waals surface area contributed by atoms with Gasteiger partial charge in [0.25, 0.3) is 5.91 Å². The monoisotopic (exact) mass is 407 g/mol. The second kappa shape index (κ2) is 8.44. The summed E-state index contributed by atoms with van der Waals surface area (Å²) in [6, 6.07) is 9.67. The van der Waals surface area contributed by atoms with Crippen LogP contribution in [0.5, 0.6) is 5.75 Å². The van der Waals surface area contributed by atoms with Gasteiger partial charge in [-0.05, 0) is 50.2 Å². The van der Waals surface area contributed by atoms with Crippen molar-refractivity contribution in [2.45, 2.75) is 27.2 Å². The maximum absolute atomic E-state index is 13.5. The molecule has 0 aliphatic carbocycles. The van der Waals surface area contributed by atoms with Crippen molar-refractivity contribution in [3.8, 4) is 11.4 Å². The smallest absolute Gasteiger partial charge is 0.254 e. The topological polar surface area (TPSA) is 63.5 Å². The highest BCUT2D eigenvalue weighted by Gasteiger charge is 2.26. The maximum atomic E-state index is 13.5. The second-order valence-electron chi connectivity index (χ2n) is 7.64. The van der Waals surface area contributed by atoms with Gasteiger partial charge in [-0.15, -0.1) is 0 Å². The number of carbonyl (C=O) groups is 1. The summed E-state index contributed by atoms with van der Waals surface area (Å²) in [4.78, 5) is 22.7. The quantitative estimate of drug-likeness (QED) is 0.650. The Bertz CT molecular complexity index is 1050. The van der Waals surface area contributed by atoms with Gasteiger partial charge in [0.2, 0.25) is 0 Å². The number of fused-ring (bicyclic) bond motifs is 1. The molecule has 1 fully saturated rings. The molecule has 1 saturated heterocycles. The van der Waals surface area contributed by atoms with E-state index in [1.54, 1.807) is 7.11 Å². The average molecular weight is 408 g/mol. The summed E-state index contributed by atoms with van der Waals surface area (Å²) in [5.41, 5.74) is 4.04. The Morgan fingerprint density at radius 2 is 1.80 bits per heavy atom. The summed E-state index contributed by atoms with van der Waals surface area (Å²) in [5.74, 6) is 0.862. The van der Waals surface area contributed by atoms with E-state index in [4.69, 9.17) is 14.8 Å². The molecular formula is C23H29N5O2. The fourth-order valence-corrected chi connectivity index (χ4v) is 4.03. The van der Waals surface area contributed by atoms with E-state index in [-0.39, 0.29) is 5.91 Å². The van der Waals surface area contributed by atoms with Crippen molar-refractivity contribution in [2.24, 2.45) is 0 Å². The van der Waals surface area contributed by atoms with E-state index in [1.165, 1.54) is 0 Å². The summed E-state index contributed by atoms with van der Waals surface area (Å²) in [5, 5.41) is 5.58. The lowest BCUT2D eigenvalue weighted by atomic mass is 10.1. The number of rotatable bonds is 5. The van der Waals surface area contributed by atoms with E-state index in [2.05, 4.69) is 18.7 Å². The first-order valence-electron chi connectivity index (χ1n) is 10.6. The summed E-state index contributed by atoms with van der Waals surface area (Å²) in [6.45, 7) is 10.5. The second-order valence-corrected chi connectivity index (χ2v) is 7.64. The van der Waals surface area contributed by atoms with Crippen molar-refractivity contribution >= 4 is 16.9 Å². The van der Waals surface area contributed by atoms with Gasteiger partial charge in [0.15, 0.2) is 5.65 Å². The van der Waals surface area contributed by atoms with Crippen LogP contribution in [0.25, 0.3) is 16.7 Å². The number of piperazine rings is 1. The van der Waals surface area contributed by atoms with Crippen LogP contribution < -0.4 is 4.74 Å². The van der Waals surface area contributed by atoms with Crippen LogP contribution in [0, 0.1) is 6.92 Å². The van der Waals surface area contributed by atoms with Crippen LogP contribution in [0.3, 0.4) is 0 Å². The molecule has 0 N–H and O–H groups in total. The molecule has 1 aliphatic rings. The minimum Gasteiger partial charge on any atom is -0.497 e. The lowest BCUT2D eigenvalue weighted by Gasteiger charge is -2.34. The Morgan fingerprint density at radius 3 is 2.40 bits per heavy atom. The third-order valence-corrected chi connectivity index (χ3v) is 5.88. The third kappa shape index (κ3) is 3.65. The number of nitrogens with zero attached hydrogens (tertiary/aromatic N) is 5. The van der Waals surface area contributed by atoms with Crippen molar-refractivity contribution in [1.29, 1.82) is 0 Å². The van der Waals surface area contributed by atoms with E-state index < -0.39 is 0 Å². The van der Waals surface area contributed by atoms with Crippen LogP contribution in [0.1, 0.15) is 35.6 Å². The Labute approximate surface area is 177 Å². The number of carbonyl (C=O) groups excluding carboxylic acids is 1. The van der Waals surface area contributed by atoms with Crippen molar-refractivity contribution in [3.63, 3.8) is 0 Å². The highest BCUT2D eigenvalue weighted by Crippen LogP contribution is 2.27. The van der Waals surface area contributed by atoms with Gasteiger partial charge in [-0.3, -0.25) is 4.79 Å². The minimum absolute atomic E-state index is 0.0743. The number of aromatic nitrogens is 3. The fourth-order valence-electron chi connectivity index (χ4n) is 4.03. The number of hydrogen-bond acceptors (Lipinski definition) is 5. The van der Waals surface area contributed by atoms with Gasteiger partial charge in [-0.25, -0.2) is 9.67 Å². The van der Waals surface area contributed by atoms with Gasteiger partial charge < -0.3 is 14.5 Å².